The molecule has 0 radical (unpaired) electrons. The van der Waals surface area contributed by atoms with Gasteiger partial charge >= 0.3 is 12.1 Å². The van der Waals surface area contributed by atoms with Gasteiger partial charge in [-0.2, -0.15) is 0 Å². The summed E-state index contributed by atoms with van der Waals surface area (Å²) in [4.78, 5) is 53.8. The maximum atomic E-state index is 14.2. The number of phenolic OH excluding ortho intramolecular Hbond substituents is 1. The topological polar surface area (TPSA) is 134 Å². The Morgan fingerprint density at radius 2 is 1.67 bits per heavy atom. The van der Waals surface area contributed by atoms with Gasteiger partial charge in [0.05, 0.1) is 13.0 Å². The summed E-state index contributed by atoms with van der Waals surface area (Å²) in [6, 6.07) is 2.72. The maximum absolute atomic E-state index is 14.2. The predicted octanol–water partition coefficient (Wildman–Crippen LogP) is 4.38. The second kappa shape index (κ2) is 14.2. The van der Waals surface area contributed by atoms with E-state index >= 15 is 0 Å². The van der Waals surface area contributed by atoms with Gasteiger partial charge in [-0.3, -0.25) is 14.4 Å². The van der Waals surface area contributed by atoms with Crippen LogP contribution >= 0.6 is 0 Å². The van der Waals surface area contributed by atoms with Gasteiger partial charge in [-0.05, 0) is 73.3 Å². The summed E-state index contributed by atoms with van der Waals surface area (Å²) < 4.78 is 10.3. The van der Waals surface area contributed by atoms with Crippen LogP contribution in [0.1, 0.15) is 92.3 Å². The van der Waals surface area contributed by atoms with E-state index in [1.54, 1.807) is 73.6 Å². The van der Waals surface area contributed by atoms with E-state index in [4.69, 9.17) is 9.47 Å². The second-order valence-electron chi connectivity index (χ2n) is 12.0. The Morgan fingerprint density at radius 3 is 2.18 bits per heavy atom. The number of nitrogens with one attached hydrogen (secondary N) is 2. The summed E-state index contributed by atoms with van der Waals surface area (Å²) in [7, 11) is 0. The molecule has 0 aromatic heterocycles. The lowest BCUT2D eigenvalue weighted by atomic mass is 9.92. The first-order valence-electron chi connectivity index (χ1n) is 13.4. The first kappa shape index (κ1) is 33.7. The number of aromatic hydroxyl groups is 1. The summed E-state index contributed by atoms with van der Waals surface area (Å²) in [5.41, 5.74) is -0.925. The molecule has 1 aromatic rings. The van der Waals surface area contributed by atoms with E-state index in [1.807, 2.05) is 13.8 Å². The Hall–Kier alpha value is -3.30. The third-order valence-corrected chi connectivity index (χ3v) is 5.66. The van der Waals surface area contributed by atoms with E-state index in [-0.39, 0.29) is 36.8 Å². The highest BCUT2D eigenvalue weighted by Crippen LogP contribution is 2.36. The van der Waals surface area contributed by atoms with Crippen LogP contribution in [0.3, 0.4) is 0 Å². The van der Waals surface area contributed by atoms with Gasteiger partial charge in [0, 0.05) is 17.6 Å². The number of esters is 1. The number of ether oxygens (including phenoxy) is 2. The second-order valence-corrected chi connectivity index (χ2v) is 12.0. The van der Waals surface area contributed by atoms with Crippen molar-refractivity contribution in [2.24, 2.45) is 5.92 Å². The smallest absolute Gasteiger partial charge is 0.408 e. The van der Waals surface area contributed by atoms with Crippen LogP contribution in [0.2, 0.25) is 0 Å². The van der Waals surface area contributed by atoms with Crippen molar-refractivity contribution >= 4 is 23.9 Å². The fourth-order valence-electron chi connectivity index (χ4n) is 4.07. The zero-order valence-corrected chi connectivity index (χ0v) is 25.1. The first-order valence-corrected chi connectivity index (χ1v) is 13.4. The molecular weight excluding hydrogens is 502 g/mol. The lowest BCUT2D eigenvalue weighted by molar-refractivity contribution is -0.149. The van der Waals surface area contributed by atoms with E-state index in [1.165, 1.54) is 4.90 Å². The predicted molar refractivity (Wildman–Crippen MR) is 149 cm³/mol. The minimum absolute atomic E-state index is 0.0154. The molecule has 0 aliphatic heterocycles. The average Bonchev–Trinajstić information content (AvgIpc) is 2.76. The molecule has 10 nitrogen and oxygen atoms in total. The average molecular weight is 550 g/mol. The molecule has 0 aliphatic carbocycles. The maximum Gasteiger partial charge on any atom is 0.408 e. The highest BCUT2D eigenvalue weighted by Gasteiger charge is 2.43. The number of rotatable bonds is 11. The quantitative estimate of drug-likeness (QED) is 0.349. The SMILES string of the molecule is CCOC(=O)CCNC(=O)C(c1cccc(C)c1O)N(C(=O)C(CC(C)C)NC(=O)OC(C)(C)C)C(C)(C)C. The normalized spacial score (nSPS) is 13.3. The zero-order valence-electron chi connectivity index (χ0n) is 25.1. The van der Waals surface area contributed by atoms with Crippen molar-refractivity contribution in [1.82, 2.24) is 15.5 Å². The van der Waals surface area contributed by atoms with Gasteiger partial charge in [-0.15, -0.1) is 0 Å². The molecule has 10 heteroatoms. The Morgan fingerprint density at radius 1 is 1.05 bits per heavy atom. The summed E-state index contributed by atoms with van der Waals surface area (Å²) in [6.07, 6.45) is -0.503. The minimum Gasteiger partial charge on any atom is -0.507 e. The molecule has 0 aliphatic rings. The fraction of sp³-hybridized carbons (Fsp3) is 0.655. The van der Waals surface area contributed by atoms with Gasteiger partial charge in [-0.1, -0.05) is 32.0 Å². The van der Waals surface area contributed by atoms with Crippen molar-refractivity contribution < 1.29 is 33.8 Å². The Bertz CT molecular complexity index is 1010. The van der Waals surface area contributed by atoms with Gasteiger partial charge in [-0.25, -0.2) is 4.79 Å². The molecule has 220 valence electrons. The first-order chi connectivity index (χ1) is 17.9. The molecule has 39 heavy (non-hydrogen) atoms. The zero-order chi connectivity index (χ0) is 30.1. The van der Waals surface area contributed by atoms with Gasteiger partial charge in [0.1, 0.15) is 23.4 Å². The van der Waals surface area contributed by atoms with E-state index in [0.29, 0.717) is 12.0 Å². The third-order valence-electron chi connectivity index (χ3n) is 5.66. The summed E-state index contributed by atoms with van der Waals surface area (Å²) in [5.74, 6) is -1.64. The van der Waals surface area contributed by atoms with Crippen LogP contribution in [-0.2, 0) is 23.9 Å². The van der Waals surface area contributed by atoms with Crippen molar-refractivity contribution in [3.63, 3.8) is 0 Å². The Labute approximate surface area is 232 Å². The third kappa shape index (κ3) is 10.8. The van der Waals surface area contributed by atoms with E-state index < -0.39 is 47.1 Å². The Balaban J connectivity index is 3.57. The van der Waals surface area contributed by atoms with Gasteiger partial charge in [0.2, 0.25) is 11.8 Å². The number of hydrogen-bond donors (Lipinski definition) is 3. The molecule has 1 rings (SSSR count). The largest absolute Gasteiger partial charge is 0.507 e. The number of benzene rings is 1. The molecule has 0 spiro atoms. The molecule has 3 amide bonds. The van der Waals surface area contributed by atoms with Crippen LogP contribution in [0.5, 0.6) is 5.75 Å². The van der Waals surface area contributed by atoms with Crippen LogP contribution in [0.15, 0.2) is 18.2 Å². The van der Waals surface area contributed by atoms with Crippen molar-refractivity contribution in [2.75, 3.05) is 13.2 Å². The van der Waals surface area contributed by atoms with E-state index in [0.717, 1.165) is 0 Å². The molecule has 2 atom stereocenters. The number of amides is 3. The number of carbonyl (C=O) groups is 4. The lowest BCUT2D eigenvalue weighted by Crippen LogP contribution is -2.59. The highest BCUT2D eigenvalue weighted by atomic mass is 16.6. The molecule has 0 fully saturated rings. The summed E-state index contributed by atoms with van der Waals surface area (Å²) in [5, 5.41) is 16.4. The molecular formula is C29H47N3O7. The molecule has 2 unspecified atom stereocenters. The number of aryl methyl sites for hydroxylation is 1. The van der Waals surface area contributed by atoms with Gasteiger partial charge in [0.25, 0.3) is 0 Å². The van der Waals surface area contributed by atoms with E-state index in [2.05, 4.69) is 10.6 Å². The Kier molecular flexibility index (Phi) is 12.3. The number of phenols is 1. The van der Waals surface area contributed by atoms with Crippen molar-refractivity contribution in [3.05, 3.63) is 29.3 Å². The number of para-hydroxylation sites is 1. The minimum atomic E-state index is -1.25. The number of nitrogens with zero attached hydrogens (tertiary/aromatic N) is 1. The molecule has 0 bridgehead atoms. The number of carbonyl (C=O) groups excluding carboxylic acids is 4. The molecule has 3 N–H and O–H groups in total. The van der Waals surface area contributed by atoms with Crippen molar-refractivity contribution in [2.45, 2.75) is 105 Å². The lowest BCUT2D eigenvalue weighted by Gasteiger charge is -2.43. The number of hydrogen-bond acceptors (Lipinski definition) is 7. The summed E-state index contributed by atoms with van der Waals surface area (Å²) >= 11 is 0. The fourth-order valence-corrected chi connectivity index (χ4v) is 4.07. The monoisotopic (exact) mass is 549 g/mol. The van der Waals surface area contributed by atoms with Crippen molar-refractivity contribution in [3.8, 4) is 5.75 Å². The van der Waals surface area contributed by atoms with Gasteiger partial charge < -0.3 is 30.1 Å². The van der Waals surface area contributed by atoms with Crippen LogP contribution in [0.25, 0.3) is 0 Å². The summed E-state index contributed by atoms with van der Waals surface area (Å²) in [6.45, 7) is 17.9. The van der Waals surface area contributed by atoms with E-state index in [9.17, 15) is 24.3 Å². The molecule has 1 aromatic carbocycles. The van der Waals surface area contributed by atoms with Crippen LogP contribution in [-0.4, -0.2) is 64.2 Å². The van der Waals surface area contributed by atoms with Crippen LogP contribution < -0.4 is 10.6 Å². The standard InChI is InChI=1S/C29H47N3O7/c1-11-38-22(33)15-16-30-25(35)23(20-14-12-13-19(4)24(20)34)32(28(5,6)7)26(36)21(17-18(2)3)31-27(37)39-29(8,9)10/h12-14,18,21,23,34H,11,15-17H2,1-10H3,(H,30,35)(H,31,37). The number of alkyl carbamates (subject to hydrolysis) is 1. The molecule has 0 saturated heterocycles. The van der Waals surface area contributed by atoms with Crippen LogP contribution in [0.4, 0.5) is 4.79 Å². The highest BCUT2D eigenvalue weighted by molar-refractivity contribution is 5.93. The molecule has 0 saturated carbocycles. The van der Waals surface area contributed by atoms with Crippen molar-refractivity contribution in [1.29, 1.82) is 0 Å². The van der Waals surface area contributed by atoms with Crippen LogP contribution in [0, 0.1) is 12.8 Å². The van der Waals surface area contributed by atoms with Gasteiger partial charge in [0.15, 0.2) is 0 Å². The molecule has 0 heterocycles.